The van der Waals surface area contributed by atoms with Gasteiger partial charge in [-0.05, 0) is 36.4 Å². The first-order valence-electron chi connectivity index (χ1n) is 7.32. The van der Waals surface area contributed by atoms with E-state index in [4.69, 9.17) is 21.1 Å². The van der Waals surface area contributed by atoms with Gasteiger partial charge < -0.3 is 14.8 Å². The van der Waals surface area contributed by atoms with Crippen molar-refractivity contribution in [1.82, 2.24) is 0 Å². The third kappa shape index (κ3) is 4.70. The molecule has 4 nitrogen and oxygen atoms in total. The van der Waals surface area contributed by atoms with E-state index in [-0.39, 0.29) is 11.5 Å². The van der Waals surface area contributed by atoms with Crippen molar-refractivity contribution in [2.24, 2.45) is 0 Å². The number of ketones is 1. The fourth-order valence-corrected chi connectivity index (χ4v) is 2.36. The van der Waals surface area contributed by atoms with Crippen LogP contribution in [-0.2, 0) is 6.18 Å². The summed E-state index contributed by atoms with van der Waals surface area (Å²) in [5.74, 6) is 0.516. The van der Waals surface area contributed by atoms with Gasteiger partial charge in [0.1, 0.15) is 0 Å². The van der Waals surface area contributed by atoms with Crippen LogP contribution in [-0.4, -0.2) is 20.0 Å². The maximum atomic E-state index is 12.8. The molecule has 1 N–H and O–H groups in total. The number of alkyl halides is 3. The average Bonchev–Trinajstić information content (AvgIpc) is 2.61. The number of benzene rings is 2. The van der Waals surface area contributed by atoms with Gasteiger partial charge in [-0.2, -0.15) is 13.2 Å². The number of ether oxygens (including phenoxy) is 2. The second kappa shape index (κ2) is 8.14. The van der Waals surface area contributed by atoms with Gasteiger partial charge in [-0.3, -0.25) is 4.79 Å². The molecule has 0 radical (unpaired) electrons. The zero-order valence-electron chi connectivity index (χ0n) is 13.9. The summed E-state index contributed by atoms with van der Waals surface area (Å²) in [7, 11) is 2.92. The minimum Gasteiger partial charge on any atom is -0.493 e. The van der Waals surface area contributed by atoms with Crippen LogP contribution < -0.4 is 14.8 Å². The Morgan fingerprint density at radius 3 is 2.38 bits per heavy atom. The molecule has 0 aliphatic carbocycles. The zero-order chi connectivity index (χ0) is 19.3. The number of carbonyl (C=O) groups excluding carboxylic acids is 1. The van der Waals surface area contributed by atoms with Crippen molar-refractivity contribution < 1.29 is 27.4 Å². The van der Waals surface area contributed by atoms with Crippen molar-refractivity contribution in [2.75, 3.05) is 19.5 Å². The highest BCUT2D eigenvalue weighted by molar-refractivity contribution is 6.31. The van der Waals surface area contributed by atoms with Crippen molar-refractivity contribution in [3.63, 3.8) is 0 Å². The third-order valence-corrected chi connectivity index (χ3v) is 3.75. The molecule has 0 bridgehead atoms. The minimum atomic E-state index is -4.56. The van der Waals surface area contributed by atoms with Gasteiger partial charge in [-0.1, -0.05) is 11.6 Å². The van der Waals surface area contributed by atoms with Gasteiger partial charge in [0.15, 0.2) is 17.3 Å². The first-order valence-corrected chi connectivity index (χ1v) is 7.70. The van der Waals surface area contributed by atoms with Crippen LogP contribution in [0.25, 0.3) is 0 Å². The monoisotopic (exact) mass is 385 g/mol. The van der Waals surface area contributed by atoms with Crippen LogP contribution in [0.4, 0.5) is 18.9 Å². The summed E-state index contributed by atoms with van der Waals surface area (Å²) in [6.45, 7) is 0. The molecule has 0 aliphatic heterocycles. The Morgan fingerprint density at radius 2 is 1.77 bits per heavy atom. The molecule has 0 fully saturated rings. The Labute approximate surface area is 153 Å². The van der Waals surface area contributed by atoms with Crippen LogP contribution in [0.5, 0.6) is 11.5 Å². The van der Waals surface area contributed by atoms with Crippen LogP contribution in [0.3, 0.4) is 0 Å². The van der Waals surface area contributed by atoms with Gasteiger partial charge in [0.2, 0.25) is 0 Å². The Hall–Kier alpha value is -2.67. The van der Waals surface area contributed by atoms with Gasteiger partial charge >= 0.3 is 6.18 Å². The maximum absolute atomic E-state index is 12.8. The number of carbonyl (C=O) groups is 1. The summed E-state index contributed by atoms with van der Waals surface area (Å²) >= 11 is 5.56. The second-order valence-corrected chi connectivity index (χ2v) is 5.51. The molecule has 2 aromatic rings. The van der Waals surface area contributed by atoms with Crippen molar-refractivity contribution >= 4 is 23.1 Å². The van der Waals surface area contributed by atoms with E-state index in [1.54, 1.807) is 12.1 Å². The van der Waals surface area contributed by atoms with Gasteiger partial charge in [-0.15, -0.1) is 0 Å². The molecule has 0 unspecified atom stereocenters. The van der Waals surface area contributed by atoms with Crippen LogP contribution in [0.1, 0.15) is 15.9 Å². The lowest BCUT2D eigenvalue weighted by Crippen LogP contribution is -2.06. The zero-order valence-corrected chi connectivity index (χ0v) is 14.6. The Kier molecular flexibility index (Phi) is 6.15. The molecule has 0 aromatic heterocycles. The number of allylic oxidation sites excluding steroid dienone is 1. The molecular weight excluding hydrogens is 371 g/mol. The number of rotatable bonds is 6. The predicted octanol–water partition coefficient (Wildman–Crippen LogP) is 5.18. The highest BCUT2D eigenvalue weighted by atomic mass is 35.5. The van der Waals surface area contributed by atoms with Gasteiger partial charge in [0, 0.05) is 23.5 Å². The molecule has 2 aromatic carbocycles. The predicted molar refractivity (Wildman–Crippen MR) is 93.1 cm³/mol. The van der Waals surface area contributed by atoms with Gasteiger partial charge in [0.25, 0.3) is 0 Å². The highest BCUT2D eigenvalue weighted by Crippen LogP contribution is 2.36. The molecule has 0 atom stereocenters. The van der Waals surface area contributed by atoms with Crippen LogP contribution in [0.2, 0.25) is 5.02 Å². The van der Waals surface area contributed by atoms with Crippen LogP contribution >= 0.6 is 11.6 Å². The van der Waals surface area contributed by atoms with Gasteiger partial charge in [0.05, 0.1) is 24.8 Å². The summed E-state index contributed by atoms with van der Waals surface area (Å²) < 4.78 is 48.7. The molecule has 0 saturated heterocycles. The third-order valence-electron chi connectivity index (χ3n) is 3.42. The number of methoxy groups -OCH3 is 2. The number of halogens is 4. The van der Waals surface area contributed by atoms with E-state index in [2.05, 4.69) is 5.32 Å². The van der Waals surface area contributed by atoms with E-state index in [0.29, 0.717) is 17.1 Å². The Bertz CT molecular complexity index is 835. The number of anilines is 1. The van der Waals surface area contributed by atoms with Crippen molar-refractivity contribution in [2.45, 2.75) is 6.18 Å². The first-order chi connectivity index (χ1) is 12.3. The summed E-state index contributed by atoms with van der Waals surface area (Å²) in [6.07, 6.45) is -2.11. The normalized spacial score (nSPS) is 11.5. The minimum absolute atomic E-state index is 0.151. The molecule has 8 heteroatoms. The second-order valence-electron chi connectivity index (χ2n) is 5.10. The highest BCUT2D eigenvalue weighted by Gasteiger charge is 2.33. The fraction of sp³-hybridized carbons (Fsp3) is 0.167. The quantitative estimate of drug-likeness (QED) is 0.549. The van der Waals surface area contributed by atoms with Crippen molar-refractivity contribution in [3.05, 3.63) is 64.8 Å². The largest absolute Gasteiger partial charge is 0.493 e. The molecule has 26 heavy (non-hydrogen) atoms. The lowest BCUT2D eigenvalue weighted by molar-refractivity contribution is -0.137. The summed E-state index contributed by atoms with van der Waals surface area (Å²) in [6, 6.07) is 8.03. The Morgan fingerprint density at radius 1 is 1.08 bits per heavy atom. The molecule has 0 saturated carbocycles. The summed E-state index contributed by atoms with van der Waals surface area (Å²) in [4.78, 5) is 12.2. The smallest absolute Gasteiger partial charge is 0.417 e. The van der Waals surface area contributed by atoms with E-state index in [0.717, 1.165) is 12.1 Å². The lowest BCUT2D eigenvalue weighted by atomic mass is 10.1. The van der Waals surface area contributed by atoms with Crippen LogP contribution in [0, 0.1) is 0 Å². The summed E-state index contributed by atoms with van der Waals surface area (Å²) in [5.41, 5.74) is -0.463. The summed E-state index contributed by atoms with van der Waals surface area (Å²) in [5, 5.41) is 2.23. The number of nitrogens with one attached hydrogen (secondary N) is 1. The topological polar surface area (TPSA) is 47.6 Å². The number of hydrogen-bond donors (Lipinski definition) is 1. The van der Waals surface area contributed by atoms with Gasteiger partial charge in [-0.25, -0.2) is 0 Å². The molecular formula is C18H15ClF3NO3. The fourth-order valence-electron chi connectivity index (χ4n) is 2.13. The molecule has 0 spiro atoms. The molecule has 2 rings (SSSR count). The average molecular weight is 386 g/mol. The first kappa shape index (κ1) is 19.7. The van der Waals surface area contributed by atoms with E-state index < -0.39 is 16.8 Å². The lowest BCUT2D eigenvalue weighted by Gasteiger charge is -2.10. The molecule has 138 valence electrons. The van der Waals surface area contributed by atoms with Crippen molar-refractivity contribution in [1.29, 1.82) is 0 Å². The Balaban J connectivity index is 2.12. The van der Waals surface area contributed by atoms with E-state index >= 15 is 0 Å². The molecule has 0 heterocycles. The van der Waals surface area contributed by atoms with E-state index in [1.165, 1.54) is 38.6 Å². The maximum Gasteiger partial charge on any atom is 0.417 e. The van der Waals surface area contributed by atoms with E-state index in [9.17, 15) is 18.0 Å². The SMILES string of the molecule is COc1ccc(C(=O)C=CNc2ccc(Cl)c(C(F)(F)F)c2)cc1OC. The molecule has 0 amide bonds. The standard InChI is InChI=1S/C18H15ClF3NO3/c1-25-16-6-3-11(9-17(16)26-2)15(24)7-8-23-12-4-5-14(19)13(10-12)18(20,21)22/h3-10,23H,1-2H3. The number of hydrogen-bond acceptors (Lipinski definition) is 4. The molecule has 0 aliphatic rings. The van der Waals surface area contributed by atoms with Crippen LogP contribution in [0.15, 0.2) is 48.7 Å². The van der Waals surface area contributed by atoms with E-state index in [1.807, 2.05) is 0 Å². The van der Waals surface area contributed by atoms with Crippen molar-refractivity contribution in [3.8, 4) is 11.5 Å².